The number of amides is 2. The van der Waals surface area contributed by atoms with E-state index in [4.69, 9.17) is 32.7 Å². The van der Waals surface area contributed by atoms with E-state index in [-0.39, 0.29) is 34.5 Å². The molecule has 12 nitrogen and oxygen atoms in total. The minimum Gasteiger partial charge on any atom is -0.458 e. The van der Waals surface area contributed by atoms with Gasteiger partial charge in [-0.3, -0.25) is 4.79 Å². The lowest BCUT2D eigenvalue weighted by Crippen LogP contribution is -2.60. The maximum absolute atomic E-state index is 14.2. The van der Waals surface area contributed by atoms with Gasteiger partial charge < -0.3 is 19.7 Å². The normalized spacial score (nSPS) is 17.4. The number of rotatable bonds is 8. The van der Waals surface area contributed by atoms with Crippen LogP contribution in [0.1, 0.15) is 26.3 Å². The lowest BCUT2D eigenvalue weighted by atomic mass is 10.0. The van der Waals surface area contributed by atoms with E-state index in [1.807, 2.05) is 0 Å². The van der Waals surface area contributed by atoms with Crippen LogP contribution in [-0.2, 0) is 40.6 Å². The predicted octanol–water partition coefficient (Wildman–Crippen LogP) is 2.91. The first-order valence-corrected chi connectivity index (χ1v) is 17.0. The van der Waals surface area contributed by atoms with Gasteiger partial charge >= 0.3 is 12.1 Å². The zero-order chi connectivity index (χ0) is 32.3. The number of sulfone groups is 1. The third-order valence-electron chi connectivity index (χ3n) is 6.02. The molecule has 0 saturated carbocycles. The Morgan fingerprint density at radius 1 is 1.05 bits per heavy atom. The molecule has 1 saturated heterocycles. The fraction of sp³-hybridized carbons (Fsp3) is 0.444. The van der Waals surface area contributed by atoms with Gasteiger partial charge in [-0.05, 0) is 56.7 Å². The predicted molar refractivity (Wildman–Crippen MR) is 160 cm³/mol. The number of ether oxygens (including phenoxy) is 2. The number of sulfonamides is 1. The molecule has 2 aromatic carbocycles. The third-order valence-corrected chi connectivity index (χ3v) is 9.90. The van der Waals surface area contributed by atoms with Crippen LogP contribution in [-0.4, -0.2) is 93.8 Å². The number of hydrogen-bond acceptors (Lipinski definition) is 10. The molecular weight excluding hydrogens is 645 g/mol. The number of halogens is 2. The van der Waals surface area contributed by atoms with E-state index in [0.717, 1.165) is 12.1 Å². The highest BCUT2D eigenvalue weighted by molar-refractivity contribution is 7.91. The van der Waals surface area contributed by atoms with Crippen LogP contribution in [0.5, 0.6) is 5.75 Å². The molecule has 2 atom stereocenters. The van der Waals surface area contributed by atoms with Crippen molar-refractivity contribution in [2.24, 2.45) is 0 Å². The summed E-state index contributed by atoms with van der Waals surface area (Å²) in [6, 6.07) is 6.03. The maximum atomic E-state index is 14.2. The third kappa shape index (κ3) is 9.29. The van der Waals surface area contributed by atoms with Crippen molar-refractivity contribution in [3.8, 4) is 5.75 Å². The van der Waals surface area contributed by atoms with Crippen molar-refractivity contribution in [1.29, 1.82) is 0 Å². The molecular formula is C27H33Cl2N3O9S2. The highest BCUT2D eigenvalue weighted by Gasteiger charge is 2.45. The minimum atomic E-state index is -4.88. The van der Waals surface area contributed by atoms with Crippen LogP contribution in [0, 0.1) is 0 Å². The largest absolute Gasteiger partial charge is 0.458 e. The Morgan fingerprint density at radius 2 is 1.63 bits per heavy atom. The molecule has 16 heteroatoms. The van der Waals surface area contributed by atoms with Gasteiger partial charge in [0.25, 0.3) is 15.9 Å². The van der Waals surface area contributed by atoms with Crippen molar-refractivity contribution in [3.05, 3.63) is 58.1 Å². The lowest BCUT2D eigenvalue weighted by Gasteiger charge is -2.35. The molecule has 1 fully saturated rings. The van der Waals surface area contributed by atoms with E-state index in [2.05, 4.69) is 5.32 Å². The monoisotopic (exact) mass is 677 g/mol. The Balaban J connectivity index is 2.15. The molecule has 0 radical (unpaired) electrons. The van der Waals surface area contributed by atoms with E-state index in [0.29, 0.717) is 9.87 Å². The number of carbonyl (C=O) groups is 3. The topological polar surface area (TPSA) is 156 Å². The van der Waals surface area contributed by atoms with Gasteiger partial charge in [-0.15, -0.1) is 0 Å². The SMILES string of the molecule is CN(C)C(=O)Oc1ccc(C[C@@H](C(=O)OC(C)(C)C)N(C(=O)C2CS(=O)(=O)CCN2)S(=O)(=O)c2cc(Cl)cc(Cl)c2)cc1. The van der Waals surface area contributed by atoms with Crippen LogP contribution < -0.4 is 10.1 Å². The summed E-state index contributed by atoms with van der Waals surface area (Å²) < 4.78 is 64.2. The molecule has 1 aliphatic rings. The van der Waals surface area contributed by atoms with Crippen LogP contribution in [0.3, 0.4) is 0 Å². The van der Waals surface area contributed by atoms with Crippen molar-refractivity contribution < 1.29 is 40.7 Å². The molecule has 43 heavy (non-hydrogen) atoms. The summed E-state index contributed by atoms with van der Waals surface area (Å²) in [4.78, 5) is 40.3. The molecule has 1 unspecified atom stereocenters. The van der Waals surface area contributed by atoms with Crippen molar-refractivity contribution >= 4 is 61.0 Å². The Morgan fingerprint density at radius 3 is 2.14 bits per heavy atom. The molecule has 2 aromatic rings. The highest BCUT2D eigenvalue weighted by Crippen LogP contribution is 2.29. The molecule has 3 rings (SSSR count). The van der Waals surface area contributed by atoms with Gasteiger partial charge in [0.1, 0.15) is 23.4 Å². The standard InChI is InChI=1S/C27H33Cl2N3O9S2/c1-27(2,3)41-25(34)23(12-17-6-8-20(9-7-17)40-26(35)31(4)5)32(24(33)22-16-42(36,37)11-10-30-22)43(38,39)21-14-18(28)13-19(29)15-21/h6-9,13-15,22-23,30H,10-12,16H2,1-5H3/t22?,23-/m0/s1. The second kappa shape index (κ2) is 13.4. The van der Waals surface area contributed by atoms with Crippen molar-refractivity contribution in [2.45, 2.75) is 49.8 Å². The molecule has 0 bridgehead atoms. The van der Waals surface area contributed by atoms with Crippen LogP contribution >= 0.6 is 23.2 Å². The number of nitrogens with one attached hydrogen (secondary N) is 1. The van der Waals surface area contributed by atoms with Crippen LogP contribution in [0.2, 0.25) is 10.0 Å². The van der Waals surface area contributed by atoms with Crippen molar-refractivity contribution in [2.75, 3.05) is 32.1 Å². The summed E-state index contributed by atoms with van der Waals surface area (Å²) in [5.41, 5.74) is -0.703. The van der Waals surface area contributed by atoms with Gasteiger partial charge in [0.15, 0.2) is 9.84 Å². The summed E-state index contributed by atoms with van der Waals surface area (Å²) in [6.45, 7) is 4.62. The molecule has 1 N–H and O–H groups in total. The Labute approximate surface area is 261 Å². The van der Waals surface area contributed by atoms with Crippen LogP contribution in [0.25, 0.3) is 0 Å². The molecule has 2 amide bonds. The smallest absolute Gasteiger partial charge is 0.414 e. The summed E-state index contributed by atoms with van der Waals surface area (Å²) in [5, 5.41) is 2.66. The van der Waals surface area contributed by atoms with E-state index in [9.17, 15) is 31.2 Å². The Hall–Kier alpha value is -2.91. The minimum absolute atomic E-state index is 0.0477. The van der Waals surface area contributed by atoms with Gasteiger partial charge in [-0.1, -0.05) is 35.3 Å². The first kappa shape index (κ1) is 34.6. The summed E-state index contributed by atoms with van der Waals surface area (Å²) in [7, 11) is -5.56. The second-order valence-corrected chi connectivity index (χ2v) is 15.9. The average molecular weight is 679 g/mol. The zero-order valence-electron chi connectivity index (χ0n) is 24.2. The van der Waals surface area contributed by atoms with Crippen molar-refractivity contribution in [3.63, 3.8) is 0 Å². The van der Waals surface area contributed by atoms with Crippen LogP contribution in [0.4, 0.5) is 4.79 Å². The fourth-order valence-electron chi connectivity index (χ4n) is 4.07. The molecule has 1 heterocycles. The van der Waals surface area contributed by atoms with E-state index in [1.165, 1.54) is 49.3 Å². The second-order valence-electron chi connectivity index (χ2n) is 11.0. The Kier molecular flexibility index (Phi) is 10.8. The quantitative estimate of drug-likeness (QED) is 0.412. The highest BCUT2D eigenvalue weighted by atomic mass is 35.5. The fourth-order valence-corrected chi connectivity index (χ4v) is 7.73. The molecule has 0 aromatic heterocycles. The van der Waals surface area contributed by atoms with E-state index < -0.39 is 66.2 Å². The number of benzene rings is 2. The van der Waals surface area contributed by atoms with Crippen molar-refractivity contribution in [1.82, 2.24) is 14.5 Å². The molecule has 1 aliphatic heterocycles. The number of hydrogen-bond donors (Lipinski definition) is 1. The first-order chi connectivity index (χ1) is 19.8. The molecule has 0 spiro atoms. The summed E-state index contributed by atoms with van der Waals surface area (Å²) >= 11 is 12.2. The first-order valence-electron chi connectivity index (χ1n) is 13.0. The van der Waals surface area contributed by atoms with Gasteiger partial charge in [0, 0.05) is 37.1 Å². The maximum Gasteiger partial charge on any atom is 0.414 e. The van der Waals surface area contributed by atoms with Crippen LogP contribution in [0.15, 0.2) is 47.4 Å². The Bertz CT molecular complexity index is 1570. The molecule has 0 aliphatic carbocycles. The summed E-state index contributed by atoms with van der Waals surface area (Å²) in [6.07, 6.45) is -0.993. The number of nitrogens with zero attached hydrogens (tertiary/aromatic N) is 2. The van der Waals surface area contributed by atoms with E-state index >= 15 is 0 Å². The lowest BCUT2D eigenvalue weighted by molar-refractivity contribution is -0.162. The number of esters is 1. The van der Waals surface area contributed by atoms with Gasteiger partial charge in [0.05, 0.1) is 16.4 Å². The zero-order valence-corrected chi connectivity index (χ0v) is 27.3. The van der Waals surface area contributed by atoms with Gasteiger partial charge in [-0.25, -0.2) is 30.7 Å². The number of carbonyl (C=O) groups excluding carboxylic acids is 3. The average Bonchev–Trinajstić information content (AvgIpc) is 2.86. The van der Waals surface area contributed by atoms with E-state index in [1.54, 1.807) is 20.8 Å². The van der Waals surface area contributed by atoms with Gasteiger partial charge in [-0.2, -0.15) is 0 Å². The van der Waals surface area contributed by atoms with Gasteiger partial charge in [0.2, 0.25) is 0 Å². The summed E-state index contributed by atoms with van der Waals surface area (Å²) in [5.74, 6) is -2.97. The molecule has 236 valence electrons.